The predicted octanol–water partition coefficient (Wildman–Crippen LogP) is 17.7. The van der Waals surface area contributed by atoms with Gasteiger partial charge < -0.3 is 9.47 Å². The number of carbonyl (C=O) groups is 2. The average molecular weight is 1030 g/mol. The second-order valence-electron chi connectivity index (χ2n) is 19.1. The third kappa shape index (κ3) is 12.7. The lowest BCUT2D eigenvalue weighted by molar-refractivity contribution is -0.146. The van der Waals surface area contributed by atoms with Crippen LogP contribution in [-0.2, 0) is 25.5 Å². The second kappa shape index (κ2) is 24.3. The highest BCUT2D eigenvalue weighted by molar-refractivity contribution is 8.21. The van der Waals surface area contributed by atoms with Gasteiger partial charge in [0, 0.05) is 67.7 Å². The molecule has 0 spiro atoms. The number of esters is 2. The topological polar surface area (TPSA) is 52.6 Å². The van der Waals surface area contributed by atoms with Gasteiger partial charge in [-0.25, -0.2) is 4.79 Å². The maximum Gasteiger partial charge on any atom is 0.335 e. The molecule has 0 bridgehead atoms. The minimum absolute atomic E-state index is 0.0845. The lowest BCUT2D eigenvalue weighted by Gasteiger charge is -2.24. The van der Waals surface area contributed by atoms with Crippen molar-refractivity contribution in [2.45, 2.75) is 164 Å². The van der Waals surface area contributed by atoms with Crippen molar-refractivity contribution >= 4 is 125 Å². The number of benzene rings is 1. The SMILES string of the molecule is CCCCC(CC)CSc1ccc(-c2c3c(c(C4=CCC(SCC(CC)CCCC)S4)c4sc(C5=C(C(=O)OCC)CCS5)cc24)CC(C2SC(CC(C)(C)C)=C[C@H]2C(=O)OCC)S3)s1. The van der Waals surface area contributed by atoms with Gasteiger partial charge in [-0.3, -0.25) is 4.79 Å². The van der Waals surface area contributed by atoms with Crippen molar-refractivity contribution in [3.8, 4) is 10.4 Å². The average Bonchev–Trinajstić information content (AvgIpc) is 4.14. The molecule has 6 heterocycles. The van der Waals surface area contributed by atoms with Gasteiger partial charge in [0.1, 0.15) is 0 Å². The molecule has 3 aromatic rings. The molecular formula is C53H72O4S8. The Morgan fingerprint density at radius 2 is 1.60 bits per heavy atom. The molecule has 5 unspecified atom stereocenters. The van der Waals surface area contributed by atoms with Crippen LogP contribution >= 0.6 is 93.2 Å². The van der Waals surface area contributed by atoms with Crippen LogP contribution in [0.15, 0.2) is 49.9 Å². The monoisotopic (exact) mass is 1030 g/mol. The maximum atomic E-state index is 13.9. The number of allylic oxidation sites excluding steroid dienone is 2. The van der Waals surface area contributed by atoms with Gasteiger partial charge in [-0.05, 0) is 104 Å². The van der Waals surface area contributed by atoms with Crippen LogP contribution in [0.3, 0.4) is 0 Å². The van der Waals surface area contributed by atoms with Crippen molar-refractivity contribution in [2.75, 3.05) is 30.5 Å². The van der Waals surface area contributed by atoms with Crippen molar-refractivity contribution in [3.05, 3.63) is 56.8 Å². The molecule has 4 nitrogen and oxygen atoms in total. The lowest BCUT2D eigenvalue weighted by atomic mass is 9.90. The van der Waals surface area contributed by atoms with Gasteiger partial charge in [0.25, 0.3) is 0 Å². The van der Waals surface area contributed by atoms with E-state index in [1.165, 1.54) is 113 Å². The van der Waals surface area contributed by atoms with Crippen molar-refractivity contribution < 1.29 is 19.1 Å². The molecule has 4 aliphatic rings. The Balaban J connectivity index is 1.35. The highest BCUT2D eigenvalue weighted by Crippen LogP contribution is 2.61. The largest absolute Gasteiger partial charge is 0.466 e. The normalized spacial score (nSPS) is 21.9. The number of hydrogen-bond acceptors (Lipinski definition) is 12. The molecule has 356 valence electrons. The molecule has 0 saturated heterocycles. The van der Waals surface area contributed by atoms with Crippen molar-refractivity contribution in [1.29, 1.82) is 0 Å². The summed E-state index contributed by atoms with van der Waals surface area (Å²) in [6.07, 6.45) is 18.7. The van der Waals surface area contributed by atoms with E-state index in [-0.39, 0.29) is 33.8 Å². The Morgan fingerprint density at radius 1 is 0.862 bits per heavy atom. The Labute approximate surface area is 425 Å². The Kier molecular flexibility index (Phi) is 19.4. The van der Waals surface area contributed by atoms with Gasteiger partial charge >= 0.3 is 11.9 Å². The van der Waals surface area contributed by atoms with E-state index in [0.29, 0.717) is 17.8 Å². The zero-order valence-corrected chi connectivity index (χ0v) is 46.8. The third-order valence-electron chi connectivity index (χ3n) is 12.9. The zero-order valence-electron chi connectivity index (χ0n) is 40.3. The van der Waals surface area contributed by atoms with E-state index in [2.05, 4.69) is 102 Å². The molecule has 12 heteroatoms. The smallest absolute Gasteiger partial charge is 0.335 e. The molecule has 0 amide bonds. The highest BCUT2D eigenvalue weighted by atomic mass is 32.2. The number of fused-ring (bicyclic) bond motifs is 2. The summed E-state index contributed by atoms with van der Waals surface area (Å²) in [5.74, 6) is 4.27. The van der Waals surface area contributed by atoms with E-state index >= 15 is 0 Å². The minimum Gasteiger partial charge on any atom is -0.466 e. The van der Waals surface area contributed by atoms with Crippen LogP contribution < -0.4 is 0 Å². The quantitative estimate of drug-likeness (QED) is 0.0678. The number of carbonyl (C=O) groups excluding carboxylic acids is 2. The van der Waals surface area contributed by atoms with Crippen molar-refractivity contribution in [1.82, 2.24) is 0 Å². The summed E-state index contributed by atoms with van der Waals surface area (Å²) in [5.41, 5.74) is 5.16. The molecule has 0 saturated carbocycles. The summed E-state index contributed by atoms with van der Waals surface area (Å²) in [7, 11) is 0. The molecule has 6 atom stereocenters. The summed E-state index contributed by atoms with van der Waals surface area (Å²) >= 11 is 15.9. The van der Waals surface area contributed by atoms with Crippen molar-refractivity contribution in [2.24, 2.45) is 23.2 Å². The van der Waals surface area contributed by atoms with E-state index in [1.54, 1.807) is 0 Å². The fraction of sp³-hybridized carbons (Fsp3) is 0.623. The molecular weight excluding hydrogens is 957 g/mol. The van der Waals surface area contributed by atoms with Gasteiger partial charge in [-0.2, -0.15) is 0 Å². The number of rotatable bonds is 23. The minimum atomic E-state index is -0.264. The van der Waals surface area contributed by atoms with Crippen LogP contribution in [0, 0.1) is 23.2 Å². The third-order valence-corrected chi connectivity index (χ3v) is 24.0. The number of thiophene rings is 2. The van der Waals surface area contributed by atoms with Crippen LogP contribution in [0.25, 0.3) is 30.3 Å². The standard InChI is InChI=1S/C53H72O4S8/c1-10-16-18-32(12-3)30-59-43-22-20-39(62-43)45-36-27-41(47-35(24-25-58-47)51(54)56-14-5)64-49(36)46(40-21-23-44(63-40)60-31-33(13-4)19-17-11-2)37-28-42(65-50(37)45)48-38(52(55)57-15-6)26-34(61-48)29-53(7,8)9/h20-22,26-27,32-33,38,42,44,48H,10-19,23-25,28-31H2,1-9H3/t32?,33?,38-,42?,44?,48?/m1/s1. The molecule has 0 N–H and O–H groups in total. The number of ether oxygens (including phenoxy) is 2. The van der Waals surface area contributed by atoms with Gasteiger partial charge in [0.15, 0.2) is 0 Å². The van der Waals surface area contributed by atoms with E-state index in [4.69, 9.17) is 9.47 Å². The van der Waals surface area contributed by atoms with E-state index < -0.39 is 0 Å². The Hall–Kier alpha value is -0.860. The van der Waals surface area contributed by atoms with E-state index in [0.717, 1.165) is 59.5 Å². The Bertz CT molecular complexity index is 2220. The molecule has 4 aliphatic heterocycles. The molecule has 2 aromatic heterocycles. The Morgan fingerprint density at radius 3 is 2.29 bits per heavy atom. The second-order valence-corrected chi connectivity index (χ2v) is 29.0. The van der Waals surface area contributed by atoms with Crippen LogP contribution in [-0.4, -0.2) is 57.5 Å². The van der Waals surface area contributed by atoms with Gasteiger partial charge in [0.2, 0.25) is 0 Å². The van der Waals surface area contributed by atoms with Crippen LogP contribution in [0.1, 0.15) is 149 Å². The highest BCUT2D eigenvalue weighted by Gasteiger charge is 2.45. The fourth-order valence-electron chi connectivity index (χ4n) is 9.32. The molecule has 7 rings (SSSR count). The van der Waals surface area contributed by atoms with Crippen LogP contribution in [0.4, 0.5) is 0 Å². The van der Waals surface area contributed by atoms with Crippen LogP contribution in [0.2, 0.25) is 0 Å². The summed E-state index contributed by atoms with van der Waals surface area (Å²) in [6.45, 7) is 20.8. The first-order valence-electron chi connectivity index (χ1n) is 24.5. The van der Waals surface area contributed by atoms with E-state index in [9.17, 15) is 9.59 Å². The van der Waals surface area contributed by atoms with Crippen molar-refractivity contribution in [3.63, 3.8) is 0 Å². The maximum absolute atomic E-state index is 13.9. The number of thioether (sulfide) groups is 6. The van der Waals surface area contributed by atoms with Gasteiger partial charge in [-0.15, -0.1) is 93.2 Å². The predicted molar refractivity (Wildman–Crippen MR) is 297 cm³/mol. The molecule has 0 radical (unpaired) electrons. The summed E-state index contributed by atoms with van der Waals surface area (Å²) in [4.78, 5) is 35.0. The fourth-order valence-corrected chi connectivity index (χ4v) is 21.0. The first-order valence-corrected chi connectivity index (χ1v) is 31.8. The number of unbranched alkanes of at least 4 members (excludes halogenated alkanes) is 2. The first kappa shape index (κ1) is 52.0. The lowest BCUT2D eigenvalue weighted by Crippen LogP contribution is -2.31. The number of hydrogen-bond donors (Lipinski definition) is 0. The van der Waals surface area contributed by atoms with Gasteiger partial charge in [-0.1, -0.05) is 99.1 Å². The molecule has 0 aliphatic carbocycles. The first-order chi connectivity index (χ1) is 31.4. The van der Waals surface area contributed by atoms with Gasteiger partial charge in [0.05, 0.1) is 33.5 Å². The summed E-state index contributed by atoms with van der Waals surface area (Å²) in [5, 5.41) is 1.61. The summed E-state index contributed by atoms with van der Waals surface area (Å²) in [6, 6.07) is 7.20. The molecule has 0 fully saturated rings. The summed E-state index contributed by atoms with van der Waals surface area (Å²) < 4.78 is 14.7. The van der Waals surface area contributed by atoms with E-state index in [1.807, 2.05) is 83.6 Å². The zero-order chi connectivity index (χ0) is 46.3. The molecule has 65 heavy (non-hydrogen) atoms. The van der Waals surface area contributed by atoms with Crippen LogP contribution in [0.5, 0.6) is 0 Å². The molecule has 1 aromatic carbocycles.